The maximum Gasteiger partial charge on any atom is 0.434 e. The fourth-order valence-corrected chi connectivity index (χ4v) is 3.39. The molecule has 1 atom stereocenters. The van der Waals surface area contributed by atoms with Gasteiger partial charge in [0.15, 0.2) is 17.2 Å². The molecular formula is C18H19F3N6O. The van der Waals surface area contributed by atoms with E-state index in [1.165, 1.54) is 10.6 Å². The molecule has 0 saturated carbocycles. The van der Waals surface area contributed by atoms with Gasteiger partial charge in [-0.15, -0.1) is 0 Å². The minimum absolute atomic E-state index is 0.113. The summed E-state index contributed by atoms with van der Waals surface area (Å²) in [6.07, 6.45) is 1.25. The Bertz CT molecular complexity index is 1010. The van der Waals surface area contributed by atoms with Gasteiger partial charge in [0.1, 0.15) is 11.5 Å². The van der Waals surface area contributed by atoms with Crippen molar-refractivity contribution in [2.24, 2.45) is 5.92 Å². The average molecular weight is 392 g/mol. The van der Waals surface area contributed by atoms with E-state index >= 15 is 0 Å². The van der Waals surface area contributed by atoms with Gasteiger partial charge < -0.3 is 10.0 Å². The second kappa shape index (κ2) is 6.40. The fraction of sp³-hybridized carbons (Fsp3) is 0.444. The molecule has 4 heterocycles. The average Bonchev–Trinajstić information content (AvgIpc) is 3.27. The van der Waals surface area contributed by atoms with Gasteiger partial charge >= 0.3 is 6.18 Å². The Kier molecular flexibility index (Phi) is 4.25. The minimum atomic E-state index is -4.56. The van der Waals surface area contributed by atoms with Crippen LogP contribution in [0.4, 0.5) is 19.0 Å². The molecular weight excluding hydrogens is 373 g/mol. The standard InChI is InChI=1S/C18H19F3N6O/c1-17(2,28)11-4-6-26(9-11)14-3-5-22-16(25-14)12-7-24-15-8-23-13(10-27(12)15)18(19,20)21/h3,5,7-8,10-11,28H,4,6,9H2,1-2H3. The van der Waals surface area contributed by atoms with E-state index in [0.29, 0.717) is 18.1 Å². The van der Waals surface area contributed by atoms with Crippen molar-refractivity contribution in [2.45, 2.75) is 32.0 Å². The molecule has 0 radical (unpaired) electrons. The Hall–Kier alpha value is -2.75. The maximum absolute atomic E-state index is 13.0. The highest BCUT2D eigenvalue weighted by Gasteiger charge is 2.35. The van der Waals surface area contributed by atoms with Crippen molar-refractivity contribution in [1.82, 2.24) is 24.3 Å². The quantitative estimate of drug-likeness (QED) is 0.739. The molecule has 1 unspecified atom stereocenters. The number of nitrogens with zero attached hydrogens (tertiary/aromatic N) is 6. The molecule has 0 amide bonds. The molecule has 3 aromatic heterocycles. The van der Waals surface area contributed by atoms with Crippen LogP contribution in [-0.2, 0) is 6.18 Å². The molecule has 1 fully saturated rings. The van der Waals surface area contributed by atoms with Gasteiger partial charge in [-0.3, -0.25) is 4.40 Å². The predicted octanol–water partition coefficient (Wildman–Crippen LogP) is 2.80. The lowest BCUT2D eigenvalue weighted by Crippen LogP contribution is -2.33. The van der Waals surface area contributed by atoms with E-state index in [1.807, 2.05) is 4.90 Å². The summed E-state index contributed by atoms with van der Waals surface area (Å²) < 4.78 is 40.3. The van der Waals surface area contributed by atoms with Crippen molar-refractivity contribution >= 4 is 11.5 Å². The molecule has 7 nitrogen and oxygen atoms in total. The summed E-state index contributed by atoms with van der Waals surface area (Å²) in [4.78, 5) is 18.3. The van der Waals surface area contributed by atoms with E-state index in [1.54, 1.807) is 26.1 Å². The number of imidazole rings is 1. The molecule has 148 valence electrons. The van der Waals surface area contributed by atoms with Gasteiger partial charge in [-0.1, -0.05) is 0 Å². The van der Waals surface area contributed by atoms with Gasteiger partial charge in [-0.25, -0.2) is 19.9 Å². The van der Waals surface area contributed by atoms with Crippen molar-refractivity contribution in [3.8, 4) is 11.5 Å². The zero-order valence-electron chi connectivity index (χ0n) is 15.3. The van der Waals surface area contributed by atoms with Crippen LogP contribution in [0.25, 0.3) is 17.2 Å². The van der Waals surface area contributed by atoms with Gasteiger partial charge in [0.05, 0.1) is 18.0 Å². The smallest absolute Gasteiger partial charge is 0.390 e. The lowest BCUT2D eigenvalue weighted by Gasteiger charge is -2.25. The van der Waals surface area contributed by atoms with Crippen LogP contribution in [0, 0.1) is 5.92 Å². The Morgan fingerprint density at radius 3 is 2.61 bits per heavy atom. The van der Waals surface area contributed by atoms with Crippen molar-refractivity contribution in [3.63, 3.8) is 0 Å². The Labute approximate surface area is 158 Å². The zero-order valence-corrected chi connectivity index (χ0v) is 15.3. The number of halogens is 3. The first kappa shape index (κ1) is 18.6. The molecule has 28 heavy (non-hydrogen) atoms. The van der Waals surface area contributed by atoms with Crippen LogP contribution in [0.2, 0.25) is 0 Å². The summed E-state index contributed by atoms with van der Waals surface area (Å²) >= 11 is 0. The number of hydrogen-bond donors (Lipinski definition) is 1. The fourth-order valence-electron chi connectivity index (χ4n) is 3.39. The first-order valence-corrected chi connectivity index (χ1v) is 8.84. The van der Waals surface area contributed by atoms with Gasteiger partial charge in [0, 0.05) is 31.4 Å². The van der Waals surface area contributed by atoms with Crippen LogP contribution < -0.4 is 4.90 Å². The molecule has 4 rings (SSSR count). The van der Waals surface area contributed by atoms with E-state index in [0.717, 1.165) is 25.4 Å². The third kappa shape index (κ3) is 3.39. The number of alkyl halides is 3. The zero-order chi connectivity index (χ0) is 20.1. The van der Waals surface area contributed by atoms with E-state index in [2.05, 4.69) is 19.9 Å². The number of aliphatic hydroxyl groups is 1. The number of aromatic nitrogens is 5. The summed E-state index contributed by atoms with van der Waals surface area (Å²) in [5.41, 5.74) is -1.17. The van der Waals surface area contributed by atoms with E-state index in [-0.39, 0.29) is 17.4 Å². The highest BCUT2D eigenvalue weighted by Crippen LogP contribution is 2.31. The maximum atomic E-state index is 13.0. The lowest BCUT2D eigenvalue weighted by atomic mass is 9.90. The third-order valence-corrected chi connectivity index (χ3v) is 5.07. The Morgan fingerprint density at radius 2 is 1.93 bits per heavy atom. The predicted molar refractivity (Wildman–Crippen MR) is 95.6 cm³/mol. The van der Waals surface area contributed by atoms with Crippen LogP contribution in [0.15, 0.2) is 30.9 Å². The first-order valence-electron chi connectivity index (χ1n) is 8.84. The SMILES string of the molecule is CC(C)(O)C1CCN(c2ccnc(-c3cnc4cnc(C(F)(F)F)cn34)n2)C1. The summed E-state index contributed by atoms with van der Waals surface area (Å²) in [6, 6.07) is 1.75. The number of rotatable bonds is 3. The van der Waals surface area contributed by atoms with E-state index < -0.39 is 17.5 Å². The summed E-state index contributed by atoms with van der Waals surface area (Å²) in [5, 5.41) is 10.2. The van der Waals surface area contributed by atoms with Crippen LogP contribution in [0.5, 0.6) is 0 Å². The number of hydrogen-bond acceptors (Lipinski definition) is 6. The molecule has 0 aliphatic carbocycles. The van der Waals surface area contributed by atoms with Crippen molar-refractivity contribution in [1.29, 1.82) is 0 Å². The topological polar surface area (TPSA) is 79.4 Å². The van der Waals surface area contributed by atoms with Crippen molar-refractivity contribution < 1.29 is 18.3 Å². The van der Waals surface area contributed by atoms with Gasteiger partial charge in [-0.05, 0) is 26.3 Å². The minimum Gasteiger partial charge on any atom is -0.390 e. The molecule has 0 spiro atoms. The normalized spacial score (nSPS) is 18.2. The van der Waals surface area contributed by atoms with Gasteiger partial charge in [0.25, 0.3) is 0 Å². The van der Waals surface area contributed by atoms with Crippen LogP contribution in [0.3, 0.4) is 0 Å². The number of fused-ring (bicyclic) bond motifs is 1. The molecule has 1 aliphatic heterocycles. The molecule has 0 aromatic carbocycles. The number of anilines is 1. The van der Waals surface area contributed by atoms with Crippen molar-refractivity contribution in [2.75, 3.05) is 18.0 Å². The van der Waals surface area contributed by atoms with Gasteiger partial charge in [-0.2, -0.15) is 13.2 Å². The molecule has 10 heteroatoms. The van der Waals surface area contributed by atoms with E-state index in [4.69, 9.17) is 0 Å². The van der Waals surface area contributed by atoms with Crippen LogP contribution >= 0.6 is 0 Å². The third-order valence-electron chi connectivity index (χ3n) is 5.07. The highest BCUT2D eigenvalue weighted by atomic mass is 19.4. The summed E-state index contributed by atoms with van der Waals surface area (Å²) in [6.45, 7) is 4.96. The van der Waals surface area contributed by atoms with Crippen LogP contribution in [0.1, 0.15) is 26.0 Å². The van der Waals surface area contributed by atoms with Crippen LogP contribution in [-0.4, -0.2) is 48.1 Å². The second-order valence-corrected chi connectivity index (χ2v) is 7.47. The molecule has 3 aromatic rings. The molecule has 1 N–H and O–H groups in total. The molecule has 1 saturated heterocycles. The van der Waals surface area contributed by atoms with Crippen molar-refractivity contribution in [3.05, 3.63) is 36.5 Å². The Balaban J connectivity index is 1.69. The lowest BCUT2D eigenvalue weighted by molar-refractivity contribution is -0.141. The summed E-state index contributed by atoms with van der Waals surface area (Å²) in [7, 11) is 0. The first-order chi connectivity index (χ1) is 13.1. The largest absolute Gasteiger partial charge is 0.434 e. The molecule has 0 bridgehead atoms. The van der Waals surface area contributed by atoms with Gasteiger partial charge in [0.2, 0.25) is 0 Å². The summed E-state index contributed by atoms with van der Waals surface area (Å²) in [5.74, 6) is 1.05. The monoisotopic (exact) mass is 392 g/mol. The van der Waals surface area contributed by atoms with E-state index in [9.17, 15) is 18.3 Å². The molecule has 1 aliphatic rings. The Morgan fingerprint density at radius 1 is 1.14 bits per heavy atom. The highest BCUT2D eigenvalue weighted by molar-refractivity contribution is 5.58. The second-order valence-electron chi connectivity index (χ2n) is 7.47.